The van der Waals surface area contributed by atoms with Crippen LogP contribution in [0.5, 0.6) is 0 Å². The molecule has 0 aromatic carbocycles. The average Bonchev–Trinajstić information content (AvgIpc) is 0.722. The maximum atomic E-state index is 8.52. The van der Waals surface area contributed by atoms with E-state index in [1.165, 1.54) is 0 Å². The standard InChI is InChI=1S/H2O4S.13H2O.Zn/c1-5(2,3)4;;;;;;;;;;;;;;/h(H2,1,2,3,4);13*1H2;/q;;;;;;;;;;;;;;+2/p-2. The SMILES string of the molecule is O.O.O.O.O.O.O.O.O.O.O.O.O.O=S(=O)([O-])[O-].[Zn+2]. The fraction of sp³-hybridized carbons (Fsp3) is 0. The molecule has 0 atom stereocenters. The zero-order chi connectivity index (χ0) is 4.50. The van der Waals surface area contributed by atoms with Crippen molar-refractivity contribution < 1.29 is 108 Å². The molecule has 0 heterocycles. The third-order valence-electron chi connectivity index (χ3n) is 0. The second-order valence-corrected chi connectivity index (χ2v) is 1.22. The van der Waals surface area contributed by atoms with E-state index in [1.54, 1.807) is 0 Å². The Bertz CT molecular complexity index is 94.4. The van der Waals surface area contributed by atoms with Crippen LogP contribution in [0.3, 0.4) is 0 Å². The van der Waals surface area contributed by atoms with E-state index in [2.05, 4.69) is 0 Å². The molecule has 0 saturated carbocycles. The number of hydrogen-bond donors (Lipinski definition) is 0. The Morgan fingerprint density at radius 2 is 0.421 bits per heavy atom. The molecule has 0 spiro atoms. The Morgan fingerprint density at radius 1 is 0.421 bits per heavy atom. The van der Waals surface area contributed by atoms with Gasteiger partial charge in [-0.15, -0.1) is 0 Å². The molecule has 0 aliphatic rings. The zero-order valence-electron chi connectivity index (χ0n) is 9.25. The molecule has 0 amide bonds. The molecule has 19 heavy (non-hydrogen) atoms. The third kappa shape index (κ3) is 6470000. The van der Waals surface area contributed by atoms with Crippen LogP contribution in [0, 0.1) is 0 Å². The second-order valence-electron chi connectivity index (χ2n) is 0.408. The first-order valence-electron chi connectivity index (χ1n) is 0.667. The van der Waals surface area contributed by atoms with Crippen LogP contribution in [0.25, 0.3) is 0 Å². The summed E-state index contributed by atoms with van der Waals surface area (Å²) < 4.78 is 34.1. The molecule has 0 aromatic heterocycles. The van der Waals surface area contributed by atoms with Crippen LogP contribution in [0.2, 0.25) is 0 Å². The van der Waals surface area contributed by atoms with Crippen molar-refractivity contribution in [1.82, 2.24) is 0 Å². The van der Waals surface area contributed by atoms with Crippen LogP contribution < -0.4 is 0 Å². The molecule has 0 rings (SSSR count). The van der Waals surface area contributed by atoms with Gasteiger partial charge in [0.15, 0.2) is 0 Å². The molecule has 136 valence electrons. The van der Waals surface area contributed by atoms with E-state index in [-0.39, 0.29) is 90.7 Å². The molecule has 0 fully saturated rings. The van der Waals surface area contributed by atoms with E-state index in [1.807, 2.05) is 0 Å². The maximum absolute atomic E-state index is 8.52. The van der Waals surface area contributed by atoms with Gasteiger partial charge in [0, 0.05) is 10.4 Å². The molecule has 26 N–H and O–H groups in total. The minimum Gasteiger partial charge on any atom is -0.759 e. The van der Waals surface area contributed by atoms with Gasteiger partial charge in [0.1, 0.15) is 0 Å². The molecule has 0 aromatic rings. The summed E-state index contributed by atoms with van der Waals surface area (Å²) in [4.78, 5) is 0. The van der Waals surface area contributed by atoms with Gasteiger partial charge in [-0.3, -0.25) is 8.42 Å². The van der Waals surface area contributed by atoms with Gasteiger partial charge < -0.3 is 80.3 Å². The van der Waals surface area contributed by atoms with Gasteiger partial charge in [0.05, 0.1) is 0 Å². The predicted molar refractivity (Wildman–Crippen MR) is 57.5 cm³/mol. The molecule has 17 nitrogen and oxygen atoms in total. The van der Waals surface area contributed by atoms with E-state index in [4.69, 9.17) is 17.5 Å². The molecule has 0 aliphatic carbocycles. The Balaban J connectivity index is -0.000000000879. The molecule has 19 heteroatoms. The maximum Gasteiger partial charge on any atom is 2.00 e. The van der Waals surface area contributed by atoms with E-state index in [0.29, 0.717) is 0 Å². The first-order valence-corrected chi connectivity index (χ1v) is 2.00. The van der Waals surface area contributed by atoms with Crippen molar-refractivity contribution >= 4 is 10.4 Å². The molecule has 0 saturated heterocycles. The van der Waals surface area contributed by atoms with Crippen molar-refractivity contribution in [2.24, 2.45) is 0 Å². The summed E-state index contributed by atoms with van der Waals surface area (Å²) in [6, 6.07) is 0. The van der Waals surface area contributed by atoms with Gasteiger partial charge in [0.2, 0.25) is 0 Å². The first kappa shape index (κ1) is 388. The first-order chi connectivity index (χ1) is 2.00. The number of hydrogen-bond acceptors (Lipinski definition) is 4. The van der Waals surface area contributed by atoms with Gasteiger partial charge in [-0.05, 0) is 0 Å². The van der Waals surface area contributed by atoms with Crippen LogP contribution in [0.15, 0.2) is 0 Å². The summed E-state index contributed by atoms with van der Waals surface area (Å²) in [5.74, 6) is 0. The largest absolute Gasteiger partial charge is 2.00 e. The fourth-order valence-electron chi connectivity index (χ4n) is 0. The topological polar surface area (TPSA) is 490 Å². The Morgan fingerprint density at radius 3 is 0.421 bits per heavy atom. The van der Waals surface area contributed by atoms with Crippen LogP contribution >= 0.6 is 0 Å². The fourth-order valence-corrected chi connectivity index (χ4v) is 0. The number of rotatable bonds is 0. The third-order valence-corrected chi connectivity index (χ3v) is 0. The van der Waals surface area contributed by atoms with Crippen LogP contribution in [0.1, 0.15) is 0 Å². The Kier molecular flexibility index (Phi) is 2970. The normalized spacial score (nSPS) is 3.05. The van der Waals surface area contributed by atoms with E-state index in [9.17, 15) is 0 Å². The Labute approximate surface area is 119 Å². The summed E-state index contributed by atoms with van der Waals surface area (Å²) in [6.07, 6.45) is 0. The van der Waals surface area contributed by atoms with E-state index >= 15 is 0 Å². The van der Waals surface area contributed by atoms with Gasteiger partial charge in [-0.1, -0.05) is 0 Å². The van der Waals surface area contributed by atoms with Crippen molar-refractivity contribution in [1.29, 1.82) is 0 Å². The average molecular weight is 396 g/mol. The van der Waals surface area contributed by atoms with Crippen LogP contribution in [-0.2, 0) is 29.9 Å². The molecule has 0 unspecified atom stereocenters. The molecular formula is H26O17SZn. The van der Waals surface area contributed by atoms with Gasteiger partial charge in [-0.25, -0.2) is 0 Å². The molecule has 0 radical (unpaired) electrons. The van der Waals surface area contributed by atoms with Crippen molar-refractivity contribution in [2.45, 2.75) is 0 Å². The summed E-state index contributed by atoms with van der Waals surface area (Å²) in [6.45, 7) is 0. The van der Waals surface area contributed by atoms with Crippen molar-refractivity contribution in [2.75, 3.05) is 0 Å². The van der Waals surface area contributed by atoms with Crippen LogP contribution in [-0.4, -0.2) is 88.7 Å². The predicted octanol–water partition coefficient (Wildman–Crippen LogP) is -12.1. The molecular weight excluding hydrogens is 369 g/mol. The van der Waals surface area contributed by atoms with Crippen LogP contribution in [0.4, 0.5) is 0 Å². The van der Waals surface area contributed by atoms with Gasteiger partial charge in [-0.2, -0.15) is 0 Å². The van der Waals surface area contributed by atoms with Gasteiger partial charge in [0.25, 0.3) is 0 Å². The second kappa shape index (κ2) is 145. The summed E-state index contributed by atoms with van der Waals surface area (Å²) in [7, 11) is -5.17. The Hall–Kier alpha value is -0.0266. The minimum atomic E-state index is -5.17. The molecule has 0 aliphatic heterocycles. The van der Waals surface area contributed by atoms with E-state index < -0.39 is 10.4 Å². The summed E-state index contributed by atoms with van der Waals surface area (Å²) >= 11 is 0. The summed E-state index contributed by atoms with van der Waals surface area (Å²) in [5, 5.41) is 0. The van der Waals surface area contributed by atoms with Crippen molar-refractivity contribution in [3.8, 4) is 0 Å². The zero-order valence-corrected chi connectivity index (χ0v) is 13.0. The monoisotopic (exact) mass is 394 g/mol. The van der Waals surface area contributed by atoms with E-state index in [0.717, 1.165) is 0 Å². The quantitative estimate of drug-likeness (QED) is 0.218. The van der Waals surface area contributed by atoms with Crippen molar-refractivity contribution in [3.63, 3.8) is 0 Å². The summed E-state index contributed by atoms with van der Waals surface area (Å²) in [5.41, 5.74) is 0. The smallest absolute Gasteiger partial charge is 0.759 e. The van der Waals surface area contributed by atoms with Crippen molar-refractivity contribution in [3.05, 3.63) is 0 Å². The minimum absolute atomic E-state index is 0. The molecule has 0 bridgehead atoms. The van der Waals surface area contributed by atoms with Gasteiger partial charge >= 0.3 is 19.5 Å².